The lowest BCUT2D eigenvalue weighted by molar-refractivity contribution is -0.123. The minimum atomic E-state index is -0.183. The number of aromatic nitrogens is 3. The molecule has 122 valence electrons. The number of Topliss-reactive ketones (excluding diaryl/α,β-unsaturated/α-hetero) is 1. The van der Waals surface area contributed by atoms with Crippen LogP contribution in [-0.2, 0) is 11.3 Å². The van der Waals surface area contributed by atoms with Crippen LogP contribution in [0.25, 0.3) is 0 Å². The Labute approximate surface area is 134 Å². The molecule has 0 saturated heterocycles. The van der Waals surface area contributed by atoms with Gasteiger partial charge >= 0.3 is 0 Å². The maximum absolute atomic E-state index is 11.7. The lowest BCUT2D eigenvalue weighted by atomic mass is 10.1. The van der Waals surface area contributed by atoms with Gasteiger partial charge in [-0.3, -0.25) is 14.3 Å². The van der Waals surface area contributed by atoms with E-state index in [1.54, 1.807) is 35.3 Å². The Bertz CT molecular complexity index is 623. The van der Waals surface area contributed by atoms with Gasteiger partial charge in [0.15, 0.2) is 12.4 Å². The van der Waals surface area contributed by atoms with Gasteiger partial charge in [0.1, 0.15) is 18.4 Å². The van der Waals surface area contributed by atoms with Crippen molar-refractivity contribution in [2.24, 2.45) is 0 Å². The van der Waals surface area contributed by atoms with Crippen LogP contribution in [0.3, 0.4) is 0 Å². The average Bonchev–Trinajstić information content (AvgIpc) is 3.10. The summed E-state index contributed by atoms with van der Waals surface area (Å²) in [6.45, 7) is 3.02. The highest BCUT2D eigenvalue weighted by Crippen LogP contribution is 2.13. The van der Waals surface area contributed by atoms with E-state index < -0.39 is 0 Å². The van der Waals surface area contributed by atoms with Crippen molar-refractivity contribution in [1.29, 1.82) is 0 Å². The first-order valence-corrected chi connectivity index (χ1v) is 7.54. The van der Waals surface area contributed by atoms with Gasteiger partial charge in [0.05, 0.1) is 0 Å². The first kappa shape index (κ1) is 16.7. The number of nitrogens with one attached hydrogen (secondary N) is 1. The molecule has 0 atom stereocenters. The fraction of sp³-hybridized carbons (Fsp3) is 0.375. The summed E-state index contributed by atoms with van der Waals surface area (Å²) in [6.07, 6.45) is 4.35. The van der Waals surface area contributed by atoms with Gasteiger partial charge in [0.2, 0.25) is 0 Å². The molecule has 1 aromatic carbocycles. The van der Waals surface area contributed by atoms with E-state index >= 15 is 0 Å². The molecule has 0 aliphatic carbocycles. The number of nitrogens with zero attached hydrogens (tertiary/aromatic N) is 3. The first-order chi connectivity index (χ1) is 11.2. The smallest absolute Gasteiger partial charge is 0.257 e. The monoisotopic (exact) mass is 316 g/mol. The van der Waals surface area contributed by atoms with Gasteiger partial charge in [-0.15, -0.1) is 0 Å². The molecule has 1 N–H and O–H groups in total. The molecule has 0 saturated carbocycles. The lowest BCUT2D eigenvalue weighted by Gasteiger charge is -2.08. The summed E-state index contributed by atoms with van der Waals surface area (Å²) >= 11 is 0. The summed E-state index contributed by atoms with van der Waals surface area (Å²) in [5.41, 5.74) is 0.650. The van der Waals surface area contributed by atoms with Crippen molar-refractivity contribution in [3.8, 4) is 5.75 Å². The van der Waals surface area contributed by atoms with E-state index in [4.69, 9.17) is 4.74 Å². The van der Waals surface area contributed by atoms with E-state index in [0.29, 0.717) is 30.8 Å². The largest absolute Gasteiger partial charge is 0.484 e. The highest BCUT2D eigenvalue weighted by molar-refractivity contribution is 5.95. The lowest BCUT2D eigenvalue weighted by Crippen LogP contribution is -2.30. The van der Waals surface area contributed by atoms with Crippen LogP contribution in [-0.4, -0.2) is 39.6 Å². The van der Waals surface area contributed by atoms with Crippen molar-refractivity contribution >= 4 is 11.7 Å². The first-order valence-electron chi connectivity index (χ1n) is 7.54. The highest BCUT2D eigenvalue weighted by atomic mass is 16.5. The summed E-state index contributed by atoms with van der Waals surface area (Å²) in [7, 11) is 0. The number of ether oxygens (including phenoxy) is 1. The zero-order valence-electron chi connectivity index (χ0n) is 13.1. The molecule has 1 heterocycles. The van der Waals surface area contributed by atoms with Crippen LogP contribution in [0.4, 0.5) is 0 Å². The van der Waals surface area contributed by atoms with E-state index in [0.717, 1.165) is 6.42 Å². The molecule has 7 nitrogen and oxygen atoms in total. The van der Waals surface area contributed by atoms with Gasteiger partial charge in [0, 0.05) is 25.1 Å². The predicted molar refractivity (Wildman–Crippen MR) is 84.2 cm³/mol. The second kappa shape index (κ2) is 8.67. The van der Waals surface area contributed by atoms with Crippen LogP contribution in [0.2, 0.25) is 0 Å². The fourth-order valence-electron chi connectivity index (χ4n) is 1.96. The Balaban J connectivity index is 1.64. The van der Waals surface area contributed by atoms with Crippen LogP contribution < -0.4 is 10.1 Å². The summed E-state index contributed by atoms with van der Waals surface area (Å²) in [4.78, 5) is 27.0. The highest BCUT2D eigenvalue weighted by Gasteiger charge is 2.05. The van der Waals surface area contributed by atoms with Crippen molar-refractivity contribution in [1.82, 2.24) is 20.1 Å². The molecule has 23 heavy (non-hydrogen) atoms. The Morgan fingerprint density at radius 3 is 2.70 bits per heavy atom. The Kier molecular flexibility index (Phi) is 6.28. The molecule has 2 aromatic rings. The van der Waals surface area contributed by atoms with E-state index in [-0.39, 0.29) is 18.3 Å². The molecular formula is C16H20N4O3. The number of benzene rings is 1. The Hall–Kier alpha value is -2.70. The van der Waals surface area contributed by atoms with Crippen molar-refractivity contribution in [2.45, 2.75) is 26.3 Å². The van der Waals surface area contributed by atoms with Crippen LogP contribution in [0, 0.1) is 0 Å². The summed E-state index contributed by atoms with van der Waals surface area (Å²) < 4.78 is 7.10. The molecule has 7 heteroatoms. The number of hydrogen-bond acceptors (Lipinski definition) is 5. The molecule has 1 aromatic heterocycles. The topological polar surface area (TPSA) is 86.1 Å². The van der Waals surface area contributed by atoms with Crippen molar-refractivity contribution in [2.75, 3.05) is 13.2 Å². The zero-order chi connectivity index (χ0) is 16.5. The number of carbonyl (C=O) groups excluding carboxylic acids is 2. The maximum Gasteiger partial charge on any atom is 0.257 e. The van der Waals surface area contributed by atoms with Crippen molar-refractivity contribution < 1.29 is 14.3 Å². The third kappa shape index (κ3) is 5.54. The Morgan fingerprint density at radius 2 is 2.04 bits per heavy atom. The minimum absolute atomic E-state index is 0.0512. The predicted octanol–water partition coefficient (Wildman–Crippen LogP) is 1.46. The summed E-state index contributed by atoms with van der Waals surface area (Å²) in [5.74, 6) is 0.467. The molecule has 0 bridgehead atoms. The SMILES string of the molecule is CCC(=O)c1ccc(OCC(=O)NCCCn2cncn2)cc1. The van der Waals surface area contributed by atoms with Crippen LogP contribution in [0.15, 0.2) is 36.9 Å². The van der Waals surface area contributed by atoms with E-state index in [1.165, 1.54) is 6.33 Å². The number of aryl methyl sites for hydroxylation is 1. The molecule has 0 spiro atoms. The number of amides is 1. The molecule has 1 amide bonds. The third-order valence-electron chi connectivity index (χ3n) is 3.22. The normalized spacial score (nSPS) is 10.3. The molecule has 0 aliphatic heterocycles. The fourth-order valence-corrected chi connectivity index (χ4v) is 1.96. The van der Waals surface area contributed by atoms with Crippen LogP contribution >= 0.6 is 0 Å². The third-order valence-corrected chi connectivity index (χ3v) is 3.22. The van der Waals surface area contributed by atoms with Gasteiger partial charge in [0.25, 0.3) is 5.91 Å². The molecule has 0 unspecified atom stereocenters. The maximum atomic E-state index is 11.7. The van der Waals surface area contributed by atoms with Crippen LogP contribution in [0.5, 0.6) is 5.75 Å². The number of rotatable bonds is 9. The van der Waals surface area contributed by atoms with Gasteiger partial charge in [-0.1, -0.05) is 6.92 Å². The molecular weight excluding hydrogens is 296 g/mol. The number of carbonyl (C=O) groups is 2. The molecule has 0 fully saturated rings. The van der Waals surface area contributed by atoms with Gasteiger partial charge in [-0.25, -0.2) is 4.98 Å². The minimum Gasteiger partial charge on any atom is -0.484 e. The molecule has 2 rings (SSSR count). The van der Waals surface area contributed by atoms with Crippen molar-refractivity contribution in [3.05, 3.63) is 42.5 Å². The van der Waals surface area contributed by atoms with E-state index in [2.05, 4.69) is 15.4 Å². The van der Waals surface area contributed by atoms with Crippen LogP contribution in [0.1, 0.15) is 30.1 Å². The standard InChI is InChI=1S/C16H20N4O3/c1-2-15(21)13-4-6-14(7-5-13)23-10-16(22)18-8-3-9-20-12-17-11-19-20/h4-7,11-12H,2-3,8-10H2,1H3,(H,18,22). The Morgan fingerprint density at radius 1 is 1.26 bits per heavy atom. The van der Waals surface area contributed by atoms with Gasteiger partial charge in [-0.2, -0.15) is 5.10 Å². The summed E-state index contributed by atoms with van der Waals surface area (Å²) in [6, 6.07) is 6.80. The zero-order valence-corrected chi connectivity index (χ0v) is 13.1. The quantitative estimate of drug-likeness (QED) is 0.559. The van der Waals surface area contributed by atoms with E-state index in [1.807, 2.05) is 6.92 Å². The van der Waals surface area contributed by atoms with Gasteiger partial charge in [-0.05, 0) is 30.7 Å². The van der Waals surface area contributed by atoms with Gasteiger partial charge < -0.3 is 10.1 Å². The summed E-state index contributed by atoms with van der Waals surface area (Å²) in [5, 5.41) is 6.75. The second-order valence-electron chi connectivity index (χ2n) is 4.95. The molecule has 0 aliphatic rings. The number of ketones is 1. The number of hydrogen-bond donors (Lipinski definition) is 1. The average molecular weight is 316 g/mol. The van der Waals surface area contributed by atoms with E-state index in [9.17, 15) is 9.59 Å². The second-order valence-corrected chi connectivity index (χ2v) is 4.95. The molecule has 0 radical (unpaired) electrons. The van der Waals surface area contributed by atoms with Crippen molar-refractivity contribution in [3.63, 3.8) is 0 Å².